The number of nitrogens with zero attached hydrogens (tertiary/aromatic N) is 4. The first-order chi connectivity index (χ1) is 18.5. The van der Waals surface area contributed by atoms with Gasteiger partial charge in [0, 0.05) is 19.1 Å². The number of ether oxygens (including phenoxy) is 1. The zero-order valence-corrected chi connectivity index (χ0v) is 25.7. The molecule has 206 valence electrons. The second-order valence-corrected chi connectivity index (χ2v) is 12.2. The molecule has 5 unspecified atom stereocenters. The Bertz CT molecular complexity index is 1460. The van der Waals surface area contributed by atoms with Crippen molar-refractivity contribution >= 4 is 34.2 Å². The number of hydrogen-bond donors (Lipinski definition) is 2. The summed E-state index contributed by atoms with van der Waals surface area (Å²) in [6.45, 7) is 6.16. The molecule has 10 nitrogen and oxygen atoms in total. The van der Waals surface area contributed by atoms with E-state index in [2.05, 4.69) is 21.3 Å². The average Bonchev–Trinajstić information content (AvgIpc) is 3.59. The number of benzene rings is 1. The first kappa shape index (κ1) is 27.9. The van der Waals surface area contributed by atoms with Crippen LogP contribution in [0.4, 0.5) is 0 Å². The summed E-state index contributed by atoms with van der Waals surface area (Å²) in [5.74, 6) is -3.91. The first-order valence-electron chi connectivity index (χ1n) is 13.9. The summed E-state index contributed by atoms with van der Waals surface area (Å²) >= 11 is 0. The third kappa shape index (κ3) is 3.73. The number of aromatic nitrogens is 1. The van der Waals surface area contributed by atoms with Crippen LogP contribution < -0.4 is 39.9 Å². The SMILES string of the molecule is CC(C)C1C(=O)N2CCCC2C2(O)O[C@@](C)(NC(=O)C3C=C4c5cccc6[n-]cc(c56)CC4N(C)C3)C(=O)N12.[Na+]. The molecule has 3 amide bonds. The zero-order chi connectivity index (χ0) is 27.4. The van der Waals surface area contributed by atoms with E-state index in [0.29, 0.717) is 25.9 Å². The number of likely N-dealkylation sites (N-methyl/N-ethyl adjacent to an activating group) is 1. The molecule has 4 aliphatic heterocycles. The van der Waals surface area contributed by atoms with Gasteiger partial charge in [-0.05, 0) is 55.7 Å². The number of fused-ring (bicyclic) bond motifs is 5. The molecule has 1 aliphatic carbocycles. The molecule has 3 fully saturated rings. The molecule has 40 heavy (non-hydrogen) atoms. The van der Waals surface area contributed by atoms with Gasteiger partial charge in [0.2, 0.25) is 17.5 Å². The number of carbonyl (C=O) groups excluding carboxylic acids is 3. The fourth-order valence-electron chi connectivity index (χ4n) is 7.56. The molecule has 1 aromatic heterocycles. The van der Waals surface area contributed by atoms with Gasteiger partial charge >= 0.3 is 29.6 Å². The molecule has 0 radical (unpaired) electrons. The van der Waals surface area contributed by atoms with Crippen molar-refractivity contribution in [1.82, 2.24) is 25.0 Å². The third-order valence-corrected chi connectivity index (χ3v) is 9.36. The van der Waals surface area contributed by atoms with E-state index in [4.69, 9.17) is 4.74 Å². The maximum Gasteiger partial charge on any atom is 1.00 e. The number of hydrogen-bond acceptors (Lipinski definition) is 6. The van der Waals surface area contributed by atoms with Crippen LogP contribution in [0.5, 0.6) is 0 Å². The normalized spacial score (nSPS) is 34.9. The van der Waals surface area contributed by atoms with Crippen LogP contribution in [-0.2, 0) is 25.5 Å². The quantitative estimate of drug-likeness (QED) is 0.423. The molecular weight excluding hydrogens is 521 g/mol. The van der Waals surface area contributed by atoms with Gasteiger partial charge in [-0.1, -0.05) is 43.7 Å². The van der Waals surface area contributed by atoms with Crippen molar-refractivity contribution < 1.29 is 53.8 Å². The maximum atomic E-state index is 13.9. The molecule has 6 atom stereocenters. The summed E-state index contributed by atoms with van der Waals surface area (Å²) in [7, 11) is 2.01. The van der Waals surface area contributed by atoms with Crippen molar-refractivity contribution in [2.24, 2.45) is 11.8 Å². The zero-order valence-electron chi connectivity index (χ0n) is 23.7. The summed E-state index contributed by atoms with van der Waals surface area (Å²) in [5.41, 5.74) is 2.54. The van der Waals surface area contributed by atoms with Crippen LogP contribution in [0.15, 0.2) is 30.5 Å². The molecule has 7 rings (SSSR count). The smallest absolute Gasteiger partial charge is 0.663 e. The predicted octanol–water partition coefficient (Wildman–Crippen LogP) is -1.96. The second-order valence-electron chi connectivity index (χ2n) is 12.2. The minimum absolute atomic E-state index is 0. The number of aliphatic hydroxyl groups is 1. The minimum Gasteiger partial charge on any atom is -0.663 e. The average molecular weight is 556 g/mol. The van der Waals surface area contributed by atoms with Gasteiger partial charge in [-0.3, -0.25) is 28.9 Å². The van der Waals surface area contributed by atoms with Gasteiger partial charge in [-0.2, -0.15) is 6.20 Å². The van der Waals surface area contributed by atoms with Crippen LogP contribution in [0.1, 0.15) is 44.7 Å². The monoisotopic (exact) mass is 555 g/mol. The van der Waals surface area contributed by atoms with Crippen LogP contribution in [0.25, 0.3) is 16.5 Å². The van der Waals surface area contributed by atoms with Gasteiger partial charge in [-0.15, -0.1) is 5.52 Å². The Morgan fingerprint density at radius 3 is 2.80 bits per heavy atom. The Kier molecular flexibility index (Phi) is 6.57. The van der Waals surface area contributed by atoms with E-state index in [0.717, 1.165) is 28.5 Å². The number of amides is 3. The molecule has 0 saturated carbocycles. The molecule has 5 aliphatic rings. The number of piperazine rings is 1. The van der Waals surface area contributed by atoms with Crippen LogP contribution >= 0.6 is 0 Å². The van der Waals surface area contributed by atoms with Crippen LogP contribution in [0.3, 0.4) is 0 Å². The van der Waals surface area contributed by atoms with E-state index in [1.54, 1.807) is 4.90 Å². The van der Waals surface area contributed by atoms with Crippen molar-refractivity contribution in [3.05, 3.63) is 41.6 Å². The Morgan fingerprint density at radius 2 is 2.05 bits per heavy atom. The van der Waals surface area contributed by atoms with Gasteiger partial charge in [0.05, 0.1) is 5.92 Å². The van der Waals surface area contributed by atoms with E-state index >= 15 is 0 Å². The summed E-state index contributed by atoms with van der Waals surface area (Å²) in [5, 5.41) is 15.8. The third-order valence-electron chi connectivity index (χ3n) is 9.36. The van der Waals surface area contributed by atoms with Crippen molar-refractivity contribution in [2.45, 2.75) is 69.8 Å². The Balaban J connectivity index is 0.00000289. The molecule has 5 heterocycles. The predicted molar refractivity (Wildman–Crippen MR) is 142 cm³/mol. The second kappa shape index (κ2) is 9.40. The first-order valence-corrected chi connectivity index (χ1v) is 13.9. The van der Waals surface area contributed by atoms with Gasteiger partial charge in [0.15, 0.2) is 0 Å². The van der Waals surface area contributed by atoms with Crippen LogP contribution in [-0.4, -0.2) is 87.4 Å². The summed E-state index contributed by atoms with van der Waals surface area (Å²) in [6, 6.07) is 4.68. The molecular formula is C29H34N5NaO5. The fraction of sp³-hybridized carbons (Fsp3) is 0.552. The van der Waals surface area contributed by atoms with E-state index in [1.807, 2.05) is 45.3 Å². The topological polar surface area (TPSA) is 117 Å². The Labute approximate surface area is 255 Å². The van der Waals surface area contributed by atoms with Crippen molar-refractivity contribution in [3.63, 3.8) is 0 Å². The molecule has 1 aromatic carbocycles. The summed E-state index contributed by atoms with van der Waals surface area (Å²) in [6.07, 6.45) is 6.02. The van der Waals surface area contributed by atoms with E-state index in [9.17, 15) is 19.5 Å². The maximum absolute atomic E-state index is 13.9. The standard InChI is InChI=1S/C29H34N5O5.Na/c1-15(2)24-26(36)33-10-6-9-22(33)29(38)34(24)27(37)28(3,39-29)31-25(35)17-11-19-18-7-5-8-20-23(18)16(13-30-20)12-21(19)32(4)14-17;/h5,7-8,11,13,15,17,21-22,24,38H,6,9-10,12,14H2,1-4H3,(H,31,35);/q-1;+1/t17?,21?,22?,24?,28-,29?;/m1./s1. The largest absolute Gasteiger partial charge is 1.00 e. The number of carbonyl (C=O) groups is 3. The summed E-state index contributed by atoms with van der Waals surface area (Å²) < 4.78 is 6.14. The van der Waals surface area contributed by atoms with E-state index in [-0.39, 0.29) is 53.3 Å². The van der Waals surface area contributed by atoms with Crippen molar-refractivity contribution in [2.75, 3.05) is 20.1 Å². The van der Waals surface area contributed by atoms with Crippen LogP contribution in [0, 0.1) is 11.8 Å². The van der Waals surface area contributed by atoms with Gasteiger partial charge in [0.1, 0.15) is 12.1 Å². The Morgan fingerprint density at radius 1 is 1.27 bits per heavy atom. The molecule has 0 bridgehead atoms. The number of nitrogens with one attached hydrogen (secondary N) is 1. The minimum atomic E-state index is -1.99. The molecule has 11 heteroatoms. The van der Waals surface area contributed by atoms with Gasteiger partial charge < -0.3 is 20.3 Å². The fourth-order valence-corrected chi connectivity index (χ4v) is 7.56. The van der Waals surface area contributed by atoms with Gasteiger partial charge in [-0.25, -0.2) is 0 Å². The van der Waals surface area contributed by atoms with Crippen LogP contribution in [0.2, 0.25) is 0 Å². The van der Waals surface area contributed by atoms with Crippen molar-refractivity contribution in [1.29, 1.82) is 0 Å². The van der Waals surface area contributed by atoms with Gasteiger partial charge in [0.25, 0.3) is 11.8 Å². The van der Waals surface area contributed by atoms with E-state index < -0.39 is 35.5 Å². The Hall–Kier alpha value is -2.21. The van der Waals surface area contributed by atoms with Crippen molar-refractivity contribution in [3.8, 4) is 0 Å². The van der Waals surface area contributed by atoms with E-state index in [1.165, 1.54) is 17.4 Å². The molecule has 3 saturated heterocycles. The number of rotatable bonds is 3. The molecule has 2 N–H and O–H groups in total. The molecule has 0 spiro atoms. The molecule has 2 aromatic rings. The summed E-state index contributed by atoms with van der Waals surface area (Å²) in [4.78, 5) is 50.6.